The van der Waals surface area contributed by atoms with Crippen molar-refractivity contribution in [1.82, 2.24) is 0 Å². The Kier molecular flexibility index (Phi) is 2.72. The average Bonchev–Trinajstić information content (AvgIpc) is 2.69. The van der Waals surface area contributed by atoms with Gasteiger partial charge in [0.15, 0.2) is 0 Å². The maximum absolute atomic E-state index is 5.78. The summed E-state index contributed by atoms with van der Waals surface area (Å²) in [6.45, 7) is 1.01. The van der Waals surface area contributed by atoms with E-state index in [0.717, 1.165) is 18.4 Å². The molecule has 0 aromatic rings. The third kappa shape index (κ3) is 1.89. The zero-order valence-electron chi connectivity index (χ0n) is 6.76. The van der Waals surface area contributed by atoms with Gasteiger partial charge in [0.25, 0.3) is 0 Å². The SMILES string of the molecule is ICC1OCCCCC2CC21. The van der Waals surface area contributed by atoms with Crippen LogP contribution in [0.5, 0.6) is 0 Å². The third-order valence-corrected chi connectivity index (χ3v) is 3.78. The number of alkyl halides is 1. The largest absolute Gasteiger partial charge is 0.377 e. The van der Waals surface area contributed by atoms with E-state index in [1.165, 1.54) is 30.1 Å². The Labute approximate surface area is 82.0 Å². The first-order valence-electron chi connectivity index (χ1n) is 4.59. The second-order valence-electron chi connectivity index (χ2n) is 3.72. The van der Waals surface area contributed by atoms with Gasteiger partial charge < -0.3 is 4.74 Å². The van der Waals surface area contributed by atoms with Crippen molar-refractivity contribution in [3.8, 4) is 0 Å². The van der Waals surface area contributed by atoms with Gasteiger partial charge in [0, 0.05) is 11.0 Å². The van der Waals surface area contributed by atoms with Crippen molar-refractivity contribution < 1.29 is 4.74 Å². The molecule has 11 heavy (non-hydrogen) atoms. The Morgan fingerprint density at radius 1 is 1.36 bits per heavy atom. The van der Waals surface area contributed by atoms with Crippen LogP contribution in [0.25, 0.3) is 0 Å². The zero-order valence-corrected chi connectivity index (χ0v) is 8.92. The molecule has 0 N–H and O–H groups in total. The van der Waals surface area contributed by atoms with Crippen LogP contribution < -0.4 is 0 Å². The summed E-state index contributed by atoms with van der Waals surface area (Å²) in [5, 5.41) is 0. The first-order valence-corrected chi connectivity index (χ1v) is 6.12. The van der Waals surface area contributed by atoms with Crippen LogP contribution in [0, 0.1) is 11.8 Å². The number of fused-ring (bicyclic) bond motifs is 1. The summed E-state index contributed by atoms with van der Waals surface area (Å²) in [6.07, 6.45) is 6.21. The quantitative estimate of drug-likeness (QED) is 0.523. The molecule has 3 unspecified atom stereocenters. The summed E-state index contributed by atoms with van der Waals surface area (Å²) in [6, 6.07) is 0. The summed E-state index contributed by atoms with van der Waals surface area (Å²) < 4.78 is 6.97. The average molecular weight is 266 g/mol. The molecule has 0 amide bonds. The van der Waals surface area contributed by atoms with Gasteiger partial charge in [-0.15, -0.1) is 0 Å². The van der Waals surface area contributed by atoms with Gasteiger partial charge in [-0.2, -0.15) is 0 Å². The van der Waals surface area contributed by atoms with Crippen molar-refractivity contribution in [1.29, 1.82) is 0 Å². The summed E-state index contributed by atoms with van der Waals surface area (Å²) in [5.41, 5.74) is 0. The van der Waals surface area contributed by atoms with E-state index in [1.54, 1.807) is 0 Å². The van der Waals surface area contributed by atoms with Crippen LogP contribution in [-0.2, 0) is 4.74 Å². The van der Waals surface area contributed by atoms with E-state index in [-0.39, 0.29) is 0 Å². The van der Waals surface area contributed by atoms with Crippen molar-refractivity contribution in [2.45, 2.75) is 31.8 Å². The Hall–Kier alpha value is 0.690. The standard InChI is InChI=1S/C9H15IO/c10-6-9-8-5-7(8)3-1-2-4-11-9/h7-9H,1-6H2. The lowest BCUT2D eigenvalue weighted by atomic mass is 10.1. The molecular weight excluding hydrogens is 251 g/mol. The summed E-state index contributed by atoms with van der Waals surface area (Å²) in [4.78, 5) is 0. The molecule has 2 rings (SSSR count). The number of hydrogen-bond acceptors (Lipinski definition) is 1. The molecule has 0 aromatic heterocycles. The third-order valence-electron chi connectivity index (χ3n) is 2.91. The summed E-state index contributed by atoms with van der Waals surface area (Å²) in [5.74, 6) is 1.97. The predicted octanol–water partition coefficient (Wildman–Crippen LogP) is 2.63. The van der Waals surface area contributed by atoms with E-state index in [2.05, 4.69) is 22.6 Å². The molecule has 64 valence electrons. The van der Waals surface area contributed by atoms with E-state index < -0.39 is 0 Å². The molecule has 2 heteroatoms. The van der Waals surface area contributed by atoms with E-state index in [9.17, 15) is 0 Å². The smallest absolute Gasteiger partial charge is 0.0695 e. The highest BCUT2D eigenvalue weighted by Gasteiger charge is 2.42. The molecule has 3 atom stereocenters. The topological polar surface area (TPSA) is 9.23 Å². The van der Waals surface area contributed by atoms with Gasteiger partial charge in [-0.3, -0.25) is 0 Å². The van der Waals surface area contributed by atoms with Gasteiger partial charge in [-0.05, 0) is 31.1 Å². The minimum absolute atomic E-state index is 0.598. The fourth-order valence-electron chi connectivity index (χ4n) is 2.08. The highest BCUT2D eigenvalue weighted by atomic mass is 127. The van der Waals surface area contributed by atoms with E-state index in [0.29, 0.717) is 6.10 Å². The molecule has 1 heterocycles. The van der Waals surface area contributed by atoms with Gasteiger partial charge in [-0.1, -0.05) is 29.0 Å². The highest BCUT2D eigenvalue weighted by molar-refractivity contribution is 14.1. The van der Waals surface area contributed by atoms with Crippen LogP contribution in [0.2, 0.25) is 0 Å². The molecule has 0 spiro atoms. The molecule has 1 saturated heterocycles. The molecule has 0 aromatic carbocycles. The van der Waals surface area contributed by atoms with Gasteiger partial charge in [0.2, 0.25) is 0 Å². The number of ether oxygens (including phenoxy) is 1. The first kappa shape index (κ1) is 8.30. The fourth-order valence-corrected chi connectivity index (χ4v) is 2.99. The van der Waals surface area contributed by atoms with Crippen molar-refractivity contribution in [2.75, 3.05) is 11.0 Å². The molecule has 1 aliphatic carbocycles. The first-order chi connectivity index (χ1) is 5.42. The van der Waals surface area contributed by atoms with Crippen LogP contribution >= 0.6 is 22.6 Å². The van der Waals surface area contributed by atoms with Gasteiger partial charge in [0.1, 0.15) is 0 Å². The molecule has 1 aliphatic heterocycles. The molecule has 0 radical (unpaired) electrons. The molecule has 2 aliphatic rings. The minimum Gasteiger partial charge on any atom is -0.377 e. The Morgan fingerprint density at radius 2 is 2.27 bits per heavy atom. The molecule has 0 bridgehead atoms. The van der Waals surface area contributed by atoms with Gasteiger partial charge in [-0.25, -0.2) is 0 Å². The lowest BCUT2D eigenvalue weighted by Gasteiger charge is -2.17. The Morgan fingerprint density at radius 3 is 3.09 bits per heavy atom. The maximum atomic E-state index is 5.78. The van der Waals surface area contributed by atoms with Crippen LogP contribution in [0.3, 0.4) is 0 Å². The lowest BCUT2D eigenvalue weighted by Crippen LogP contribution is -2.20. The van der Waals surface area contributed by atoms with E-state index in [1.807, 2.05) is 0 Å². The van der Waals surface area contributed by atoms with Crippen LogP contribution in [-0.4, -0.2) is 17.1 Å². The molecule has 1 nitrogen and oxygen atoms in total. The monoisotopic (exact) mass is 266 g/mol. The van der Waals surface area contributed by atoms with Gasteiger partial charge >= 0.3 is 0 Å². The Balaban J connectivity index is 1.88. The number of hydrogen-bond donors (Lipinski definition) is 0. The maximum Gasteiger partial charge on any atom is 0.0695 e. The highest BCUT2D eigenvalue weighted by Crippen LogP contribution is 2.47. The lowest BCUT2D eigenvalue weighted by molar-refractivity contribution is 0.0429. The summed E-state index contributed by atoms with van der Waals surface area (Å²) >= 11 is 2.45. The van der Waals surface area contributed by atoms with Crippen molar-refractivity contribution in [2.24, 2.45) is 11.8 Å². The van der Waals surface area contributed by atoms with Crippen LogP contribution in [0.1, 0.15) is 25.7 Å². The number of rotatable bonds is 1. The normalized spacial score (nSPS) is 43.9. The molecular formula is C9H15IO. The summed E-state index contributed by atoms with van der Waals surface area (Å²) in [7, 11) is 0. The molecule has 1 saturated carbocycles. The van der Waals surface area contributed by atoms with Crippen molar-refractivity contribution >= 4 is 22.6 Å². The van der Waals surface area contributed by atoms with Crippen molar-refractivity contribution in [3.05, 3.63) is 0 Å². The van der Waals surface area contributed by atoms with Gasteiger partial charge in [0.05, 0.1) is 6.10 Å². The predicted molar refractivity (Wildman–Crippen MR) is 54.1 cm³/mol. The zero-order chi connectivity index (χ0) is 7.68. The second-order valence-corrected chi connectivity index (χ2v) is 4.60. The van der Waals surface area contributed by atoms with Crippen LogP contribution in [0.15, 0.2) is 0 Å². The minimum atomic E-state index is 0.598. The number of halogens is 1. The second kappa shape index (κ2) is 3.60. The van der Waals surface area contributed by atoms with Crippen LogP contribution in [0.4, 0.5) is 0 Å². The molecule has 2 fully saturated rings. The fraction of sp³-hybridized carbons (Fsp3) is 1.00. The van der Waals surface area contributed by atoms with E-state index in [4.69, 9.17) is 4.74 Å². The Bertz CT molecular complexity index is 138. The van der Waals surface area contributed by atoms with Crippen molar-refractivity contribution in [3.63, 3.8) is 0 Å². The van der Waals surface area contributed by atoms with E-state index >= 15 is 0 Å².